The molecular formula is C12H13F3O. The SMILES string of the molecule is CC(C)(F)c1cc(F)c(F)c(C2(O)CC2)c1. The summed E-state index contributed by atoms with van der Waals surface area (Å²) in [5.74, 6) is -2.19. The molecule has 0 atom stereocenters. The standard InChI is InChI=1S/C12H13F3O/c1-11(2,15)7-5-8(12(16)3-4-12)10(14)9(13)6-7/h5-6,16H,3-4H2,1-2H3. The van der Waals surface area contributed by atoms with Crippen molar-refractivity contribution in [2.75, 3.05) is 0 Å². The third kappa shape index (κ3) is 1.82. The molecule has 16 heavy (non-hydrogen) atoms. The molecule has 0 bridgehead atoms. The minimum atomic E-state index is -1.76. The van der Waals surface area contributed by atoms with Gasteiger partial charge >= 0.3 is 0 Å². The van der Waals surface area contributed by atoms with Crippen molar-refractivity contribution in [1.29, 1.82) is 0 Å². The quantitative estimate of drug-likeness (QED) is 0.827. The van der Waals surface area contributed by atoms with E-state index in [1.54, 1.807) is 0 Å². The van der Waals surface area contributed by atoms with Gasteiger partial charge in [-0.25, -0.2) is 13.2 Å². The van der Waals surface area contributed by atoms with Crippen molar-refractivity contribution < 1.29 is 18.3 Å². The van der Waals surface area contributed by atoms with E-state index in [9.17, 15) is 18.3 Å². The summed E-state index contributed by atoms with van der Waals surface area (Å²) in [5.41, 5.74) is -3.14. The van der Waals surface area contributed by atoms with Crippen LogP contribution in [0.25, 0.3) is 0 Å². The van der Waals surface area contributed by atoms with Crippen molar-refractivity contribution in [1.82, 2.24) is 0 Å². The fraction of sp³-hybridized carbons (Fsp3) is 0.500. The Morgan fingerprint density at radius 2 is 1.81 bits per heavy atom. The zero-order valence-electron chi connectivity index (χ0n) is 9.15. The summed E-state index contributed by atoms with van der Waals surface area (Å²) in [4.78, 5) is 0. The van der Waals surface area contributed by atoms with Gasteiger partial charge in [-0.3, -0.25) is 0 Å². The Labute approximate surface area is 91.9 Å². The summed E-state index contributed by atoms with van der Waals surface area (Å²) in [6.07, 6.45) is 0.777. The van der Waals surface area contributed by atoms with E-state index in [-0.39, 0.29) is 11.1 Å². The van der Waals surface area contributed by atoms with E-state index in [0.717, 1.165) is 6.07 Å². The molecule has 1 nitrogen and oxygen atoms in total. The summed E-state index contributed by atoms with van der Waals surface area (Å²) < 4.78 is 40.4. The molecule has 1 aliphatic rings. The van der Waals surface area contributed by atoms with Crippen LogP contribution >= 0.6 is 0 Å². The second-order valence-electron chi connectivity index (χ2n) is 4.82. The maximum absolute atomic E-state index is 13.7. The number of benzene rings is 1. The van der Waals surface area contributed by atoms with Gasteiger partial charge < -0.3 is 5.11 Å². The Balaban J connectivity index is 2.57. The number of rotatable bonds is 2. The van der Waals surface area contributed by atoms with Crippen molar-refractivity contribution in [2.24, 2.45) is 0 Å². The third-order valence-electron chi connectivity index (χ3n) is 2.94. The molecule has 0 heterocycles. The fourth-order valence-corrected chi connectivity index (χ4v) is 1.66. The zero-order chi connectivity index (χ0) is 12.1. The number of alkyl halides is 1. The smallest absolute Gasteiger partial charge is 0.164 e. The van der Waals surface area contributed by atoms with Gasteiger partial charge in [0.25, 0.3) is 0 Å². The lowest BCUT2D eigenvalue weighted by Gasteiger charge is -2.18. The van der Waals surface area contributed by atoms with Crippen LogP contribution in [-0.4, -0.2) is 5.11 Å². The molecule has 1 N–H and O–H groups in total. The topological polar surface area (TPSA) is 20.2 Å². The Morgan fingerprint density at radius 1 is 1.25 bits per heavy atom. The highest BCUT2D eigenvalue weighted by Gasteiger charge is 2.45. The minimum Gasteiger partial charge on any atom is -0.385 e. The lowest BCUT2D eigenvalue weighted by Crippen LogP contribution is -2.15. The van der Waals surface area contributed by atoms with Crippen LogP contribution < -0.4 is 0 Å². The highest BCUT2D eigenvalue weighted by Crippen LogP contribution is 2.47. The molecule has 0 unspecified atom stereocenters. The molecule has 1 fully saturated rings. The Bertz CT molecular complexity index is 431. The molecule has 1 aromatic carbocycles. The molecule has 4 heteroatoms. The lowest BCUT2D eigenvalue weighted by atomic mass is 9.95. The molecule has 0 aromatic heterocycles. The van der Waals surface area contributed by atoms with Crippen molar-refractivity contribution in [3.63, 3.8) is 0 Å². The summed E-state index contributed by atoms with van der Waals surface area (Å²) >= 11 is 0. The van der Waals surface area contributed by atoms with Crippen LogP contribution in [0.15, 0.2) is 12.1 Å². The number of aliphatic hydroxyl groups is 1. The zero-order valence-corrected chi connectivity index (χ0v) is 9.15. The molecule has 1 saturated carbocycles. The number of hydrogen-bond donors (Lipinski definition) is 1. The van der Waals surface area contributed by atoms with E-state index < -0.39 is 22.9 Å². The Hall–Kier alpha value is -1.03. The van der Waals surface area contributed by atoms with Crippen LogP contribution in [0.4, 0.5) is 13.2 Å². The van der Waals surface area contributed by atoms with E-state index >= 15 is 0 Å². The molecule has 1 aliphatic carbocycles. The van der Waals surface area contributed by atoms with Gasteiger partial charge in [-0.2, -0.15) is 0 Å². The van der Waals surface area contributed by atoms with Crippen molar-refractivity contribution >= 4 is 0 Å². The predicted octanol–water partition coefficient (Wildman–Crippen LogP) is 3.15. The second-order valence-corrected chi connectivity index (χ2v) is 4.82. The van der Waals surface area contributed by atoms with Crippen LogP contribution in [0, 0.1) is 11.6 Å². The average Bonchev–Trinajstić information content (AvgIpc) is 2.87. The first-order valence-electron chi connectivity index (χ1n) is 5.15. The molecule has 0 radical (unpaired) electrons. The van der Waals surface area contributed by atoms with E-state index in [1.165, 1.54) is 19.9 Å². The first-order chi connectivity index (χ1) is 7.24. The molecule has 0 aliphatic heterocycles. The first kappa shape index (κ1) is 11.5. The Morgan fingerprint density at radius 3 is 2.25 bits per heavy atom. The van der Waals surface area contributed by atoms with Gasteiger partial charge in [0.15, 0.2) is 11.6 Å². The molecule has 0 saturated heterocycles. The van der Waals surface area contributed by atoms with Gasteiger partial charge in [0.2, 0.25) is 0 Å². The predicted molar refractivity (Wildman–Crippen MR) is 53.6 cm³/mol. The monoisotopic (exact) mass is 230 g/mol. The number of halogens is 3. The van der Waals surface area contributed by atoms with E-state index in [2.05, 4.69) is 0 Å². The molecule has 88 valence electrons. The summed E-state index contributed by atoms with van der Waals surface area (Å²) in [7, 11) is 0. The summed E-state index contributed by atoms with van der Waals surface area (Å²) in [5, 5.41) is 9.77. The maximum Gasteiger partial charge on any atom is 0.164 e. The van der Waals surface area contributed by atoms with Gasteiger partial charge in [-0.15, -0.1) is 0 Å². The average molecular weight is 230 g/mol. The van der Waals surface area contributed by atoms with Crippen LogP contribution in [0.3, 0.4) is 0 Å². The van der Waals surface area contributed by atoms with Gasteiger partial charge in [0.05, 0.1) is 5.60 Å². The minimum absolute atomic E-state index is 0.0433. The molecule has 2 rings (SSSR count). The summed E-state index contributed by atoms with van der Waals surface area (Å²) in [6, 6.07) is 2.05. The van der Waals surface area contributed by atoms with E-state index in [0.29, 0.717) is 12.8 Å². The normalized spacial score (nSPS) is 18.6. The van der Waals surface area contributed by atoms with E-state index in [4.69, 9.17) is 0 Å². The van der Waals surface area contributed by atoms with Crippen molar-refractivity contribution in [3.05, 3.63) is 34.9 Å². The molecular weight excluding hydrogens is 217 g/mol. The van der Waals surface area contributed by atoms with Gasteiger partial charge in [-0.1, -0.05) is 0 Å². The van der Waals surface area contributed by atoms with Gasteiger partial charge in [0.1, 0.15) is 5.67 Å². The first-order valence-corrected chi connectivity index (χ1v) is 5.15. The molecule has 1 aromatic rings. The van der Waals surface area contributed by atoms with Crippen LogP contribution in [-0.2, 0) is 11.3 Å². The highest BCUT2D eigenvalue weighted by molar-refractivity contribution is 5.36. The van der Waals surface area contributed by atoms with Crippen LogP contribution in [0.2, 0.25) is 0 Å². The molecule has 0 amide bonds. The van der Waals surface area contributed by atoms with E-state index in [1.807, 2.05) is 0 Å². The third-order valence-corrected chi connectivity index (χ3v) is 2.94. The Kier molecular flexibility index (Phi) is 2.31. The van der Waals surface area contributed by atoms with Gasteiger partial charge in [0, 0.05) is 5.56 Å². The second kappa shape index (κ2) is 3.23. The lowest BCUT2D eigenvalue weighted by molar-refractivity contribution is 0.144. The van der Waals surface area contributed by atoms with Crippen molar-refractivity contribution in [2.45, 2.75) is 38.0 Å². The highest BCUT2D eigenvalue weighted by atomic mass is 19.2. The fourth-order valence-electron chi connectivity index (χ4n) is 1.66. The van der Waals surface area contributed by atoms with Crippen molar-refractivity contribution in [3.8, 4) is 0 Å². The van der Waals surface area contributed by atoms with Crippen LogP contribution in [0.1, 0.15) is 37.8 Å². The number of hydrogen-bond acceptors (Lipinski definition) is 1. The van der Waals surface area contributed by atoms with Crippen LogP contribution in [0.5, 0.6) is 0 Å². The van der Waals surface area contributed by atoms with Gasteiger partial charge in [-0.05, 0) is 44.4 Å². The maximum atomic E-state index is 13.7. The molecule has 0 spiro atoms. The largest absolute Gasteiger partial charge is 0.385 e. The summed E-state index contributed by atoms with van der Waals surface area (Å²) in [6.45, 7) is 2.53.